The first-order chi connectivity index (χ1) is 32.7. The van der Waals surface area contributed by atoms with E-state index in [0.29, 0.717) is 56.7 Å². The predicted molar refractivity (Wildman–Crippen MR) is 256 cm³/mol. The zero-order valence-corrected chi connectivity index (χ0v) is 41.7. The molecule has 3 unspecified atom stereocenters. The van der Waals surface area contributed by atoms with E-state index in [4.69, 9.17) is 51.3 Å². The lowest BCUT2D eigenvalue weighted by Gasteiger charge is -2.23. The average Bonchev–Trinajstić information content (AvgIpc) is 3.69. The molecule has 0 bridgehead atoms. The standard InChI is InChI=1S/C41H47N6O18P3S2/c1-21-29(42)11-9-26-35(27-10-12-30(43)22(2)37(27)62-36(21)26)25-8-7-23(16-28(25)39(49)50)31(48)13-14-41(3,4)70-69-20-59-15-5-6-24-18-47(40(51)46-38(24)44)34-17-32(63-45)33(61-34)19-60-67(55,56)65-68(57,58)64-66(52,53)54/h7-12,16,18,32-34,42H,13-15,17,19-20,43,45H2,1-4H3,(H,49,50)(H,55,56)(H,57,58)(H2,44,46,51)(H2,52,53,54)/t32?,33-,34-/m1/s1. The fourth-order valence-corrected chi connectivity index (χ4v) is 12.5. The summed E-state index contributed by atoms with van der Waals surface area (Å²) in [5.74, 6) is 9.81. The van der Waals surface area contributed by atoms with Crippen molar-refractivity contribution < 1.29 is 79.8 Å². The summed E-state index contributed by atoms with van der Waals surface area (Å²) in [5.41, 5.74) is 15.3. The zero-order valence-electron chi connectivity index (χ0n) is 37.4. The molecule has 1 aromatic heterocycles. The molecule has 12 N–H and O–H groups in total. The highest BCUT2D eigenvalue weighted by molar-refractivity contribution is 8.77. The largest absolute Gasteiger partial charge is 0.490 e. The number of aryl methyl sites for hydroxylation is 1. The predicted octanol–water partition coefficient (Wildman–Crippen LogP) is 5.76. The summed E-state index contributed by atoms with van der Waals surface area (Å²) in [6.45, 7) is 6.51. The van der Waals surface area contributed by atoms with Crippen molar-refractivity contribution in [3.05, 3.63) is 92.3 Å². The minimum atomic E-state index is -5.78. The summed E-state index contributed by atoms with van der Waals surface area (Å²) >= 11 is 0. The second-order valence-corrected chi connectivity index (χ2v) is 23.5. The lowest BCUT2D eigenvalue weighted by atomic mass is 9.87. The van der Waals surface area contributed by atoms with Crippen molar-refractivity contribution in [2.75, 3.05) is 30.6 Å². The second kappa shape index (κ2) is 21.9. The molecule has 24 nitrogen and oxygen atoms in total. The number of hydrogen-bond acceptors (Lipinski definition) is 20. The van der Waals surface area contributed by atoms with Gasteiger partial charge in [0.2, 0.25) is 0 Å². The lowest BCUT2D eigenvalue weighted by molar-refractivity contribution is -0.0618. The molecule has 5 atom stereocenters. The van der Waals surface area contributed by atoms with Crippen molar-refractivity contribution >= 4 is 79.3 Å². The van der Waals surface area contributed by atoms with Gasteiger partial charge in [-0.2, -0.15) is 13.6 Å². The van der Waals surface area contributed by atoms with E-state index in [1.165, 1.54) is 33.9 Å². The highest BCUT2D eigenvalue weighted by Gasteiger charge is 2.44. The van der Waals surface area contributed by atoms with Gasteiger partial charge in [-0.15, -0.1) is 0 Å². The van der Waals surface area contributed by atoms with Crippen LogP contribution in [0.3, 0.4) is 0 Å². The monoisotopic (exact) mass is 1070 g/mol. The van der Waals surface area contributed by atoms with Crippen molar-refractivity contribution in [1.29, 1.82) is 5.41 Å². The van der Waals surface area contributed by atoms with Crippen LogP contribution in [-0.4, -0.2) is 82.1 Å². The Morgan fingerprint density at radius 3 is 2.41 bits per heavy atom. The number of rotatable bonds is 20. The number of ketones is 1. The molecule has 6 rings (SSSR count). The van der Waals surface area contributed by atoms with Crippen LogP contribution in [0.4, 0.5) is 11.5 Å². The van der Waals surface area contributed by atoms with Gasteiger partial charge in [0.05, 0.1) is 23.1 Å². The number of nitrogen functional groups attached to an aromatic ring is 2. The molecule has 3 aromatic rings. The molecule has 376 valence electrons. The van der Waals surface area contributed by atoms with Gasteiger partial charge in [0.1, 0.15) is 48.1 Å². The van der Waals surface area contributed by atoms with E-state index in [0.717, 1.165) is 4.57 Å². The fraction of sp³-hybridized carbons (Fsp3) is 0.341. The van der Waals surface area contributed by atoms with E-state index in [9.17, 15) is 43.0 Å². The third-order valence-corrected chi connectivity index (χ3v) is 17.5. The second-order valence-electron chi connectivity index (χ2n) is 16.1. The van der Waals surface area contributed by atoms with E-state index in [-0.39, 0.29) is 59.0 Å². The Labute approximate surface area is 405 Å². The minimum Gasteiger partial charge on any atom is -0.478 e. The Kier molecular flexibility index (Phi) is 17.1. The summed E-state index contributed by atoms with van der Waals surface area (Å²) < 4.78 is 64.9. The first kappa shape index (κ1) is 54.6. The van der Waals surface area contributed by atoms with Crippen LogP contribution in [0, 0.1) is 31.1 Å². The number of carbonyl (C=O) groups is 2. The number of carboxylic acid groups (broad SMARTS) is 1. The molecule has 1 aliphatic carbocycles. The van der Waals surface area contributed by atoms with Crippen LogP contribution in [0.15, 0.2) is 57.9 Å². The summed E-state index contributed by atoms with van der Waals surface area (Å²) in [6.07, 6.45) is -1.89. The van der Waals surface area contributed by atoms with Gasteiger partial charge in [0.25, 0.3) is 0 Å². The summed E-state index contributed by atoms with van der Waals surface area (Å²) in [7, 11) is -14.0. The molecular weight excluding hydrogens is 1020 g/mol. The van der Waals surface area contributed by atoms with Crippen molar-refractivity contribution in [3.8, 4) is 34.3 Å². The molecule has 1 saturated heterocycles. The molecule has 0 amide bonds. The molecule has 29 heteroatoms. The van der Waals surface area contributed by atoms with E-state index in [1.54, 1.807) is 50.2 Å². The van der Waals surface area contributed by atoms with Gasteiger partial charge < -0.3 is 55.4 Å². The summed E-state index contributed by atoms with van der Waals surface area (Å²) in [4.78, 5) is 84.3. The number of Topliss-reactive ketones (excluding diaryl/α,β-unsaturated/α-hetero) is 1. The molecule has 3 aliphatic rings. The fourth-order valence-electron chi connectivity index (χ4n) is 7.17. The number of nitrogens with one attached hydrogen (secondary N) is 1. The highest BCUT2D eigenvalue weighted by Crippen LogP contribution is 2.66. The number of aromatic nitrogens is 2. The number of nitrogens with zero attached hydrogens (tertiary/aromatic N) is 2. The Balaban J connectivity index is 1.02. The Hall–Kier alpha value is -4.74. The van der Waals surface area contributed by atoms with Crippen LogP contribution in [0.5, 0.6) is 0 Å². The molecule has 0 saturated carbocycles. The van der Waals surface area contributed by atoms with Gasteiger partial charge in [-0.1, -0.05) is 45.6 Å². The topological polar surface area (TPSA) is 392 Å². The van der Waals surface area contributed by atoms with Crippen LogP contribution in [-0.2, 0) is 41.2 Å². The zero-order chi connectivity index (χ0) is 51.5. The van der Waals surface area contributed by atoms with Crippen molar-refractivity contribution in [2.45, 2.75) is 70.1 Å². The van der Waals surface area contributed by atoms with E-state index in [1.807, 2.05) is 13.8 Å². The normalized spacial score (nSPS) is 18.0. The number of benzene rings is 3. The number of aromatic carboxylic acids is 1. The third kappa shape index (κ3) is 13.4. The van der Waals surface area contributed by atoms with Crippen molar-refractivity contribution in [2.24, 2.45) is 5.90 Å². The van der Waals surface area contributed by atoms with E-state index in [2.05, 4.69) is 30.0 Å². The van der Waals surface area contributed by atoms with E-state index < -0.39 is 64.9 Å². The van der Waals surface area contributed by atoms with Crippen LogP contribution in [0.2, 0.25) is 0 Å². The molecule has 2 aromatic carbocycles. The summed E-state index contributed by atoms with van der Waals surface area (Å²) in [5, 5.41) is 19.7. The van der Waals surface area contributed by atoms with Gasteiger partial charge in [-0.3, -0.25) is 18.7 Å². The Morgan fingerprint density at radius 1 is 1.01 bits per heavy atom. The molecule has 2 aliphatic heterocycles. The lowest BCUT2D eigenvalue weighted by Crippen LogP contribution is -2.31. The smallest absolute Gasteiger partial charge is 0.478 e. The first-order valence-electron chi connectivity index (χ1n) is 20.5. The molecule has 1 fully saturated rings. The quantitative estimate of drug-likeness (QED) is 0.00515. The maximum atomic E-state index is 13.6. The van der Waals surface area contributed by atoms with Crippen LogP contribution >= 0.6 is 45.1 Å². The highest BCUT2D eigenvalue weighted by atomic mass is 33.1. The first-order valence-corrected chi connectivity index (χ1v) is 27.3. The van der Waals surface area contributed by atoms with Gasteiger partial charge >= 0.3 is 35.1 Å². The van der Waals surface area contributed by atoms with Gasteiger partial charge in [-0.05, 0) is 70.0 Å². The average molecular weight is 1070 g/mol. The number of ether oxygens (including phenoxy) is 2. The Morgan fingerprint density at radius 2 is 1.73 bits per heavy atom. The number of anilines is 2. The number of phosphoric ester groups is 1. The van der Waals surface area contributed by atoms with Crippen LogP contribution in [0.1, 0.15) is 76.7 Å². The molecular formula is C41H47N6O18P3S2. The van der Waals surface area contributed by atoms with Gasteiger partial charge in [0, 0.05) is 62.7 Å². The number of nitrogens with two attached hydrogens (primary N) is 3. The number of phosphoric acid groups is 3. The molecule has 0 radical (unpaired) electrons. The summed E-state index contributed by atoms with van der Waals surface area (Å²) in [6, 6.07) is 11.5. The van der Waals surface area contributed by atoms with Crippen molar-refractivity contribution in [3.63, 3.8) is 0 Å². The number of fused-ring (bicyclic) bond motifs is 2. The van der Waals surface area contributed by atoms with Gasteiger partial charge in [0.15, 0.2) is 5.78 Å². The maximum Gasteiger partial charge on any atom is 0.490 e. The Bertz CT molecular complexity index is 3150. The molecule has 0 spiro atoms. The third-order valence-electron chi connectivity index (χ3n) is 10.7. The maximum absolute atomic E-state index is 13.6. The number of carboxylic acids is 1. The van der Waals surface area contributed by atoms with Crippen molar-refractivity contribution in [1.82, 2.24) is 9.55 Å². The van der Waals surface area contributed by atoms with Crippen LogP contribution < -0.4 is 28.4 Å². The van der Waals surface area contributed by atoms with Gasteiger partial charge in [-0.25, -0.2) is 29.2 Å². The van der Waals surface area contributed by atoms with E-state index >= 15 is 0 Å². The SMILES string of the molecule is Cc1c2oc3c(C)c(N)ccc3c(-c3ccc(C(=O)CCC(C)(C)SSCOCC#Cc4cn([C@H]5CC(ON)[C@@H](COP(=O)(O)OP(=O)(O)OP(=O)(O)O)O5)c(=O)nc4N)cc3C(=O)O)c-2ccc1=N. The number of hydrogen-bond donors (Lipinski definition) is 9. The minimum absolute atomic E-state index is 0.0689. The molecule has 70 heavy (non-hydrogen) atoms. The van der Waals surface area contributed by atoms with Crippen LogP contribution in [0.25, 0.3) is 33.4 Å². The number of carbonyl (C=O) groups excluding carboxylic acids is 1. The molecule has 3 heterocycles.